The lowest BCUT2D eigenvalue weighted by molar-refractivity contribution is 0.0699. The second-order valence-electron chi connectivity index (χ2n) is 10.7. The number of carbonyl (C=O) groups excluding carboxylic acids is 1. The summed E-state index contributed by atoms with van der Waals surface area (Å²) in [7, 11) is 1.64. The number of amides is 1. The number of halogens is 1. The van der Waals surface area contributed by atoms with E-state index in [-0.39, 0.29) is 22.8 Å². The van der Waals surface area contributed by atoms with Gasteiger partial charge in [0, 0.05) is 18.2 Å². The quantitative estimate of drug-likeness (QED) is 0.460. The van der Waals surface area contributed by atoms with Crippen molar-refractivity contribution in [1.82, 2.24) is 14.7 Å². The minimum absolute atomic E-state index is 0.0306. The van der Waals surface area contributed by atoms with Crippen LogP contribution in [-0.4, -0.2) is 40.3 Å². The fourth-order valence-electron chi connectivity index (χ4n) is 6.10. The molecule has 1 aliphatic heterocycles. The van der Waals surface area contributed by atoms with E-state index in [0.717, 1.165) is 42.8 Å². The first kappa shape index (κ1) is 22.0. The number of methoxy groups -OCH3 is 1. The van der Waals surface area contributed by atoms with Crippen molar-refractivity contribution in [1.29, 1.82) is 0 Å². The zero-order valence-electron chi connectivity index (χ0n) is 19.6. The smallest absolute Gasteiger partial charge is 0.272 e. The van der Waals surface area contributed by atoms with E-state index in [1.807, 2.05) is 54.6 Å². The summed E-state index contributed by atoms with van der Waals surface area (Å²) in [6.45, 7) is 7.75. The lowest BCUT2D eigenvalue weighted by Crippen LogP contribution is -2.38. The molecule has 5 nitrogen and oxygen atoms in total. The van der Waals surface area contributed by atoms with Gasteiger partial charge in [-0.1, -0.05) is 50.6 Å². The van der Waals surface area contributed by atoms with Crippen LogP contribution in [0, 0.1) is 10.8 Å². The Kier molecular flexibility index (Phi) is 5.28. The van der Waals surface area contributed by atoms with Crippen molar-refractivity contribution in [2.24, 2.45) is 10.8 Å². The highest BCUT2D eigenvalue weighted by Crippen LogP contribution is 2.52. The molecule has 1 aliphatic carbocycles. The number of benzene rings is 2. The maximum Gasteiger partial charge on any atom is 0.272 e. The maximum absolute atomic E-state index is 14.0. The Balaban J connectivity index is 1.58. The largest absolute Gasteiger partial charge is 0.497 e. The minimum Gasteiger partial charge on any atom is -0.497 e. The summed E-state index contributed by atoms with van der Waals surface area (Å²) in [6.07, 6.45) is 3.24. The summed E-state index contributed by atoms with van der Waals surface area (Å²) >= 11 is 6.47. The van der Waals surface area contributed by atoms with Gasteiger partial charge in [-0.05, 0) is 66.5 Å². The topological polar surface area (TPSA) is 47.4 Å². The van der Waals surface area contributed by atoms with E-state index in [0.29, 0.717) is 16.4 Å². The highest BCUT2D eigenvalue weighted by molar-refractivity contribution is 6.33. The van der Waals surface area contributed by atoms with Crippen molar-refractivity contribution in [3.63, 3.8) is 0 Å². The number of likely N-dealkylation sites (tertiary alicyclic amines) is 1. The lowest BCUT2D eigenvalue weighted by Gasteiger charge is -2.39. The maximum atomic E-state index is 14.0. The molecule has 0 spiro atoms. The Labute approximate surface area is 200 Å². The van der Waals surface area contributed by atoms with Crippen LogP contribution in [0.1, 0.15) is 50.5 Å². The average molecular weight is 464 g/mol. The first-order valence-corrected chi connectivity index (χ1v) is 11.9. The number of nitrogens with zero attached hydrogens (tertiary/aromatic N) is 3. The van der Waals surface area contributed by atoms with Crippen LogP contribution in [0.3, 0.4) is 0 Å². The molecule has 2 bridgehead atoms. The summed E-state index contributed by atoms with van der Waals surface area (Å²) in [5, 5.41) is 5.45. The molecular weight excluding hydrogens is 434 g/mol. The molecule has 1 aromatic heterocycles. The van der Waals surface area contributed by atoms with Crippen LogP contribution in [-0.2, 0) is 0 Å². The molecule has 0 radical (unpaired) electrons. The third-order valence-corrected chi connectivity index (χ3v) is 7.40. The molecule has 5 rings (SSSR count). The molecule has 1 saturated heterocycles. The number of rotatable bonds is 4. The van der Waals surface area contributed by atoms with Gasteiger partial charge in [0.25, 0.3) is 5.91 Å². The van der Waals surface area contributed by atoms with Crippen molar-refractivity contribution in [2.45, 2.75) is 46.1 Å². The van der Waals surface area contributed by atoms with Gasteiger partial charge >= 0.3 is 0 Å². The van der Waals surface area contributed by atoms with Crippen molar-refractivity contribution < 1.29 is 9.53 Å². The second-order valence-corrected chi connectivity index (χ2v) is 11.1. The molecule has 2 atom stereocenters. The van der Waals surface area contributed by atoms with Gasteiger partial charge in [-0.3, -0.25) is 4.79 Å². The van der Waals surface area contributed by atoms with Crippen LogP contribution in [0.2, 0.25) is 5.02 Å². The molecule has 2 fully saturated rings. The molecule has 33 heavy (non-hydrogen) atoms. The summed E-state index contributed by atoms with van der Waals surface area (Å²) in [5.74, 6) is 0.789. The van der Waals surface area contributed by atoms with Crippen LogP contribution in [0.15, 0.2) is 54.6 Å². The van der Waals surface area contributed by atoms with Crippen molar-refractivity contribution in [3.8, 4) is 22.7 Å². The Bertz CT molecular complexity index is 1200. The van der Waals surface area contributed by atoms with E-state index in [1.54, 1.807) is 11.8 Å². The molecule has 1 amide bonds. The third-order valence-electron chi connectivity index (χ3n) is 7.07. The SMILES string of the molecule is COc1ccc(-n2nc(-c3ccccc3Cl)cc2C(=O)N2CC3(C)CC2CC(C)(C)C3)cc1. The van der Waals surface area contributed by atoms with E-state index in [1.165, 1.54) is 0 Å². The molecule has 3 aromatic rings. The zero-order chi connectivity index (χ0) is 23.4. The zero-order valence-corrected chi connectivity index (χ0v) is 20.4. The molecule has 2 aromatic carbocycles. The predicted molar refractivity (Wildman–Crippen MR) is 131 cm³/mol. The molecule has 2 aliphatic rings. The van der Waals surface area contributed by atoms with Crippen LogP contribution >= 0.6 is 11.6 Å². The van der Waals surface area contributed by atoms with Gasteiger partial charge in [0.1, 0.15) is 11.4 Å². The van der Waals surface area contributed by atoms with Crippen LogP contribution in [0.5, 0.6) is 5.75 Å². The third kappa shape index (κ3) is 4.04. The summed E-state index contributed by atoms with van der Waals surface area (Å²) in [6, 6.07) is 17.4. The van der Waals surface area contributed by atoms with Gasteiger partial charge in [-0.2, -0.15) is 5.10 Å². The van der Waals surface area contributed by atoms with Crippen LogP contribution in [0.4, 0.5) is 0 Å². The summed E-state index contributed by atoms with van der Waals surface area (Å²) in [5.41, 5.74) is 3.28. The van der Waals surface area contributed by atoms with E-state index < -0.39 is 0 Å². The van der Waals surface area contributed by atoms with Gasteiger partial charge in [0.15, 0.2) is 0 Å². The van der Waals surface area contributed by atoms with E-state index in [9.17, 15) is 4.79 Å². The first-order valence-electron chi connectivity index (χ1n) is 11.5. The highest BCUT2D eigenvalue weighted by atomic mass is 35.5. The number of hydrogen-bond donors (Lipinski definition) is 0. The molecular formula is C27H30ClN3O2. The molecule has 2 unspecified atom stereocenters. The Morgan fingerprint density at radius 2 is 1.82 bits per heavy atom. The van der Waals surface area contributed by atoms with E-state index in [4.69, 9.17) is 21.4 Å². The van der Waals surface area contributed by atoms with E-state index >= 15 is 0 Å². The minimum atomic E-state index is 0.0306. The average Bonchev–Trinajstić information content (AvgIpc) is 3.31. The van der Waals surface area contributed by atoms with Crippen molar-refractivity contribution >= 4 is 17.5 Å². The van der Waals surface area contributed by atoms with Gasteiger partial charge in [0.05, 0.1) is 23.5 Å². The highest BCUT2D eigenvalue weighted by Gasteiger charge is 2.51. The predicted octanol–water partition coefficient (Wildman–Crippen LogP) is 6.24. The molecule has 2 heterocycles. The normalized spacial score (nSPS) is 23.5. The van der Waals surface area contributed by atoms with Crippen molar-refractivity contribution in [2.75, 3.05) is 13.7 Å². The van der Waals surface area contributed by atoms with Crippen LogP contribution in [0.25, 0.3) is 16.9 Å². The summed E-state index contributed by atoms with van der Waals surface area (Å²) in [4.78, 5) is 16.1. The monoisotopic (exact) mass is 463 g/mol. The molecule has 0 N–H and O–H groups in total. The van der Waals surface area contributed by atoms with Gasteiger partial charge in [-0.25, -0.2) is 4.68 Å². The molecule has 6 heteroatoms. The van der Waals surface area contributed by atoms with E-state index in [2.05, 4.69) is 25.7 Å². The fourth-order valence-corrected chi connectivity index (χ4v) is 6.33. The molecule has 1 saturated carbocycles. The number of fused-ring (bicyclic) bond motifs is 2. The standard InChI is InChI=1S/C27H30ClN3O2/c1-26(2)14-19-15-27(3,16-26)17-30(19)25(32)24-13-23(21-7-5-6-8-22(21)28)29-31(24)18-9-11-20(33-4)12-10-18/h5-13,19H,14-17H2,1-4H3. The fraction of sp³-hybridized carbons (Fsp3) is 0.407. The van der Waals surface area contributed by atoms with Gasteiger partial charge in [0.2, 0.25) is 0 Å². The van der Waals surface area contributed by atoms with Crippen LogP contribution < -0.4 is 4.74 Å². The molecule has 172 valence electrons. The first-order chi connectivity index (χ1) is 15.7. The van der Waals surface area contributed by atoms with Crippen molar-refractivity contribution in [3.05, 3.63) is 65.3 Å². The summed E-state index contributed by atoms with van der Waals surface area (Å²) < 4.78 is 7.06. The number of hydrogen-bond acceptors (Lipinski definition) is 3. The number of aromatic nitrogens is 2. The number of ether oxygens (including phenoxy) is 1. The van der Waals surface area contributed by atoms with Gasteiger partial charge < -0.3 is 9.64 Å². The second kappa shape index (κ2) is 7.91. The number of carbonyl (C=O) groups is 1. The lowest BCUT2D eigenvalue weighted by atomic mass is 9.65. The van der Waals surface area contributed by atoms with Gasteiger partial charge in [-0.15, -0.1) is 0 Å². The Hall–Kier alpha value is -2.79. The Morgan fingerprint density at radius 3 is 2.52 bits per heavy atom. The Morgan fingerprint density at radius 1 is 1.09 bits per heavy atom.